The third kappa shape index (κ3) is 1.06. The first-order chi connectivity index (χ1) is 5.79. The second-order valence-electron chi connectivity index (χ2n) is 2.57. The first-order valence-corrected chi connectivity index (χ1v) is 4.12. The van der Waals surface area contributed by atoms with Crippen molar-refractivity contribution >= 4 is 23.7 Å². The lowest BCUT2D eigenvalue weighted by molar-refractivity contribution is 1.01. The Kier molecular flexibility index (Phi) is 1.73. The van der Waals surface area contributed by atoms with E-state index in [1.54, 1.807) is 6.20 Å². The minimum Gasteiger partial charge on any atom is -0.261 e. The predicted octanol–water partition coefficient (Wildman–Crippen LogP) is 1.34. The van der Waals surface area contributed by atoms with Gasteiger partial charge in [0.1, 0.15) is 6.33 Å². The number of nitrogens with one attached hydrogen (secondary N) is 1. The minimum absolute atomic E-state index is 0.105. The van der Waals surface area contributed by atoms with Crippen molar-refractivity contribution in [3.63, 3.8) is 0 Å². The summed E-state index contributed by atoms with van der Waals surface area (Å²) >= 11 is 4.31. The van der Waals surface area contributed by atoms with E-state index in [-0.39, 0.29) is 5.25 Å². The molecule has 4 nitrogen and oxygen atoms in total. The Morgan fingerprint density at radius 3 is 3.08 bits per heavy atom. The van der Waals surface area contributed by atoms with Crippen molar-refractivity contribution in [3.05, 3.63) is 18.2 Å². The molecule has 0 amide bonds. The Hall–Kier alpha value is -1.10. The van der Waals surface area contributed by atoms with E-state index in [0.29, 0.717) is 0 Å². The van der Waals surface area contributed by atoms with Crippen LogP contribution in [0.4, 0.5) is 0 Å². The molecule has 1 N–H and O–H groups in total. The maximum absolute atomic E-state index is 4.31. The van der Waals surface area contributed by atoms with Crippen LogP contribution in [0.2, 0.25) is 0 Å². The molecule has 0 unspecified atom stereocenters. The number of rotatable bonds is 1. The largest absolute Gasteiger partial charge is 0.261 e. The van der Waals surface area contributed by atoms with E-state index >= 15 is 0 Å². The second kappa shape index (κ2) is 2.75. The Morgan fingerprint density at radius 2 is 2.33 bits per heavy atom. The predicted molar refractivity (Wildman–Crippen MR) is 49.1 cm³/mol. The molecule has 0 aliphatic heterocycles. The van der Waals surface area contributed by atoms with Crippen molar-refractivity contribution < 1.29 is 0 Å². The molecule has 0 fully saturated rings. The van der Waals surface area contributed by atoms with E-state index in [0.717, 1.165) is 16.7 Å². The van der Waals surface area contributed by atoms with E-state index in [2.05, 4.69) is 32.8 Å². The van der Waals surface area contributed by atoms with Gasteiger partial charge in [0.25, 0.3) is 0 Å². The summed E-state index contributed by atoms with van der Waals surface area (Å²) in [4.78, 5) is 8.15. The van der Waals surface area contributed by atoms with Gasteiger partial charge in [-0.25, -0.2) is 9.97 Å². The maximum atomic E-state index is 4.31. The SMILES string of the molecule is C[C@@H](S)c1ncnc2[nH]ncc12. The van der Waals surface area contributed by atoms with E-state index < -0.39 is 0 Å². The molecule has 2 aromatic heterocycles. The molecular formula is C7H8N4S. The van der Waals surface area contributed by atoms with E-state index in [9.17, 15) is 0 Å². The van der Waals surface area contributed by atoms with Gasteiger partial charge in [-0.05, 0) is 6.92 Å². The van der Waals surface area contributed by atoms with Gasteiger partial charge in [-0.1, -0.05) is 0 Å². The monoisotopic (exact) mass is 180 g/mol. The molecular weight excluding hydrogens is 172 g/mol. The molecule has 0 spiro atoms. The normalized spacial score (nSPS) is 13.5. The highest BCUT2D eigenvalue weighted by atomic mass is 32.1. The molecule has 0 saturated heterocycles. The summed E-state index contributed by atoms with van der Waals surface area (Å²) in [6, 6.07) is 0. The van der Waals surface area contributed by atoms with Gasteiger partial charge in [0.05, 0.1) is 17.3 Å². The Balaban J connectivity index is 2.73. The molecule has 5 heteroatoms. The van der Waals surface area contributed by atoms with Crippen molar-refractivity contribution in [1.29, 1.82) is 0 Å². The van der Waals surface area contributed by atoms with Crippen LogP contribution >= 0.6 is 12.6 Å². The van der Waals surface area contributed by atoms with Gasteiger partial charge in [-0.15, -0.1) is 0 Å². The second-order valence-corrected chi connectivity index (χ2v) is 3.34. The molecule has 1 atom stereocenters. The molecule has 62 valence electrons. The van der Waals surface area contributed by atoms with Crippen LogP contribution < -0.4 is 0 Å². The zero-order chi connectivity index (χ0) is 8.55. The molecule has 0 saturated carbocycles. The molecule has 0 bridgehead atoms. The first-order valence-electron chi connectivity index (χ1n) is 3.61. The summed E-state index contributed by atoms with van der Waals surface area (Å²) in [7, 11) is 0. The lowest BCUT2D eigenvalue weighted by Crippen LogP contribution is -1.92. The fraction of sp³-hybridized carbons (Fsp3) is 0.286. The topological polar surface area (TPSA) is 54.5 Å². The lowest BCUT2D eigenvalue weighted by Gasteiger charge is -2.02. The minimum atomic E-state index is 0.105. The van der Waals surface area contributed by atoms with Crippen molar-refractivity contribution in [1.82, 2.24) is 20.2 Å². The molecule has 12 heavy (non-hydrogen) atoms. The highest BCUT2D eigenvalue weighted by Gasteiger charge is 2.08. The van der Waals surface area contributed by atoms with Gasteiger partial charge in [-0.2, -0.15) is 17.7 Å². The zero-order valence-electron chi connectivity index (χ0n) is 6.52. The van der Waals surface area contributed by atoms with Gasteiger partial charge in [0, 0.05) is 5.25 Å². The van der Waals surface area contributed by atoms with Crippen LogP contribution in [0.3, 0.4) is 0 Å². The van der Waals surface area contributed by atoms with Crippen LogP contribution in [0.15, 0.2) is 12.5 Å². The van der Waals surface area contributed by atoms with E-state index in [4.69, 9.17) is 0 Å². The van der Waals surface area contributed by atoms with Crippen molar-refractivity contribution in [2.45, 2.75) is 12.2 Å². The number of aromatic nitrogens is 4. The maximum Gasteiger partial charge on any atom is 0.158 e. The Labute approximate surface area is 74.8 Å². The lowest BCUT2D eigenvalue weighted by atomic mass is 10.2. The highest BCUT2D eigenvalue weighted by molar-refractivity contribution is 7.80. The van der Waals surface area contributed by atoms with Crippen molar-refractivity contribution in [2.24, 2.45) is 0 Å². The number of fused-ring (bicyclic) bond motifs is 1. The summed E-state index contributed by atoms with van der Waals surface area (Å²) in [6.07, 6.45) is 3.24. The summed E-state index contributed by atoms with van der Waals surface area (Å²) in [6.45, 7) is 1.97. The van der Waals surface area contributed by atoms with Gasteiger partial charge in [-0.3, -0.25) is 5.10 Å². The van der Waals surface area contributed by atoms with Crippen LogP contribution in [-0.4, -0.2) is 20.2 Å². The third-order valence-electron chi connectivity index (χ3n) is 1.67. The Morgan fingerprint density at radius 1 is 1.50 bits per heavy atom. The molecule has 2 rings (SSSR count). The summed E-state index contributed by atoms with van der Waals surface area (Å²) in [5.41, 5.74) is 1.68. The molecule has 2 heterocycles. The van der Waals surface area contributed by atoms with Gasteiger partial charge in [0.2, 0.25) is 0 Å². The fourth-order valence-electron chi connectivity index (χ4n) is 1.12. The number of hydrogen-bond donors (Lipinski definition) is 2. The number of nitrogens with zero attached hydrogens (tertiary/aromatic N) is 3. The van der Waals surface area contributed by atoms with E-state index in [1.165, 1.54) is 6.33 Å². The summed E-state index contributed by atoms with van der Waals surface area (Å²) in [5, 5.41) is 7.71. The average molecular weight is 180 g/mol. The smallest absolute Gasteiger partial charge is 0.158 e. The number of H-pyrrole nitrogens is 1. The van der Waals surface area contributed by atoms with Gasteiger partial charge in [0.15, 0.2) is 5.65 Å². The van der Waals surface area contributed by atoms with Crippen LogP contribution in [0.5, 0.6) is 0 Å². The van der Waals surface area contributed by atoms with Gasteiger partial charge < -0.3 is 0 Å². The molecule has 0 aliphatic carbocycles. The zero-order valence-corrected chi connectivity index (χ0v) is 7.42. The molecule has 0 aliphatic rings. The summed E-state index contributed by atoms with van der Waals surface area (Å²) in [5.74, 6) is 0. The molecule has 0 radical (unpaired) electrons. The van der Waals surface area contributed by atoms with Crippen molar-refractivity contribution in [3.8, 4) is 0 Å². The number of hydrogen-bond acceptors (Lipinski definition) is 4. The van der Waals surface area contributed by atoms with Crippen molar-refractivity contribution in [2.75, 3.05) is 0 Å². The standard InChI is InChI=1S/C7H8N4S/c1-4(12)6-5-2-10-11-7(5)9-3-8-6/h2-4,12H,1H3,(H,8,9,10,11)/t4-/m1/s1. The first kappa shape index (κ1) is 7.54. The quantitative estimate of drug-likeness (QED) is 0.651. The third-order valence-corrected chi connectivity index (χ3v) is 1.92. The summed E-state index contributed by atoms with van der Waals surface area (Å²) < 4.78 is 0. The fourth-order valence-corrected chi connectivity index (χ4v) is 1.32. The molecule has 2 aromatic rings. The van der Waals surface area contributed by atoms with Gasteiger partial charge >= 0.3 is 0 Å². The van der Waals surface area contributed by atoms with Crippen LogP contribution in [-0.2, 0) is 0 Å². The van der Waals surface area contributed by atoms with Crippen LogP contribution in [0.25, 0.3) is 11.0 Å². The van der Waals surface area contributed by atoms with Crippen LogP contribution in [0, 0.1) is 0 Å². The van der Waals surface area contributed by atoms with E-state index in [1.807, 2.05) is 6.92 Å². The van der Waals surface area contributed by atoms with Crippen LogP contribution in [0.1, 0.15) is 17.9 Å². The highest BCUT2D eigenvalue weighted by Crippen LogP contribution is 2.22. The number of aromatic amines is 1. The average Bonchev–Trinajstić information content (AvgIpc) is 2.49. The Bertz CT molecular complexity index is 395. The number of thiol groups is 1. The molecule has 0 aromatic carbocycles.